The van der Waals surface area contributed by atoms with Crippen molar-refractivity contribution in [1.82, 2.24) is 10.3 Å². The third kappa shape index (κ3) is 3.06. The largest absolute Gasteiger partial charge is 0.383 e. The maximum atomic E-state index is 5.28. The number of nitrogens with zero attached hydrogens (tertiary/aromatic N) is 1. The van der Waals surface area contributed by atoms with E-state index in [1.807, 2.05) is 24.4 Å². The van der Waals surface area contributed by atoms with Crippen molar-refractivity contribution in [3.05, 3.63) is 42.1 Å². The molecule has 1 N–H and O–H groups in total. The lowest BCUT2D eigenvalue weighted by atomic mass is 10.1. The maximum absolute atomic E-state index is 5.28. The lowest BCUT2D eigenvalue weighted by molar-refractivity contribution is 0.167. The van der Waals surface area contributed by atoms with Crippen molar-refractivity contribution in [1.29, 1.82) is 0 Å². The molecule has 0 radical (unpaired) electrons. The van der Waals surface area contributed by atoms with Crippen molar-refractivity contribution in [2.45, 2.75) is 19.4 Å². The monoisotopic (exact) mass is 244 g/mol. The summed E-state index contributed by atoms with van der Waals surface area (Å²) in [6.07, 6.45) is 3.05. The number of hydrogen-bond donors (Lipinski definition) is 1. The Hall–Kier alpha value is -1.45. The van der Waals surface area contributed by atoms with Gasteiger partial charge in [0.05, 0.1) is 18.2 Å². The molecule has 0 aliphatic heterocycles. The molecule has 3 nitrogen and oxygen atoms in total. The first-order chi connectivity index (χ1) is 8.85. The molecule has 0 bridgehead atoms. The number of pyridine rings is 1. The first-order valence-corrected chi connectivity index (χ1v) is 6.42. The van der Waals surface area contributed by atoms with Crippen LogP contribution in [0.4, 0.5) is 0 Å². The lowest BCUT2D eigenvalue weighted by Gasteiger charge is -2.18. The standard InChI is InChI=1S/C15H20N2O/c1-3-8-16-15(11-18-2)13-9-12-6-4-5-7-14(12)17-10-13/h4-7,9-10,15-16H,3,8,11H2,1-2H3. The van der Waals surface area contributed by atoms with Crippen LogP contribution in [-0.4, -0.2) is 25.2 Å². The van der Waals surface area contributed by atoms with Gasteiger partial charge in [0.2, 0.25) is 0 Å². The number of para-hydroxylation sites is 1. The summed E-state index contributed by atoms with van der Waals surface area (Å²) in [5, 5.41) is 4.66. The van der Waals surface area contributed by atoms with Gasteiger partial charge in [-0.15, -0.1) is 0 Å². The van der Waals surface area contributed by atoms with Gasteiger partial charge in [-0.1, -0.05) is 25.1 Å². The predicted molar refractivity (Wildman–Crippen MR) is 74.7 cm³/mol. The molecule has 18 heavy (non-hydrogen) atoms. The Labute approximate surface area is 108 Å². The van der Waals surface area contributed by atoms with Crippen molar-refractivity contribution < 1.29 is 4.74 Å². The minimum Gasteiger partial charge on any atom is -0.383 e. The SMILES string of the molecule is CCCNC(COC)c1cnc2ccccc2c1. The molecule has 0 aliphatic carbocycles. The van der Waals surface area contributed by atoms with E-state index in [0.29, 0.717) is 6.61 Å². The second-order valence-corrected chi connectivity index (χ2v) is 4.42. The Balaban J connectivity index is 2.25. The second-order valence-electron chi connectivity index (χ2n) is 4.42. The fourth-order valence-electron chi connectivity index (χ4n) is 2.04. The molecule has 1 aromatic heterocycles. The average Bonchev–Trinajstić information content (AvgIpc) is 2.43. The fraction of sp³-hybridized carbons (Fsp3) is 0.400. The number of rotatable bonds is 6. The average molecular weight is 244 g/mol. The molecule has 1 unspecified atom stereocenters. The number of benzene rings is 1. The summed E-state index contributed by atoms with van der Waals surface area (Å²) in [7, 11) is 1.73. The minimum atomic E-state index is 0.215. The third-order valence-electron chi connectivity index (χ3n) is 2.99. The molecular formula is C15H20N2O. The zero-order valence-electron chi connectivity index (χ0n) is 11.0. The summed E-state index contributed by atoms with van der Waals surface area (Å²) in [4.78, 5) is 4.50. The Morgan fingerprint density at radius 1 is 1.33 bits per heavy atom. The van der Waals surface area contributed by atoms with Crippen LogP contribution in [0.25, 0.3) is 10.9 Å². The first kappa shape index (κ1) is 13.0. The van der Waals surface area contributed by atoms with E-state index in [2.05, 4.69) is 29.4 Å². The second kappa shape index (κ2) is 6.47. The molecule has 1 aromatic carbocycles. The lowest BCUT2D eigenvalue weighted by Crippen LogP contribution is -2.26. The highest BCUT2D eigenvalue weighted by atomic mass is 16.5. The zero-order valence-corrected chi connectivity index (χ0v) is 11.0. The Morgan fingerprint density at radius 2 is 2.17 bits per heavy atom. The van der Waals surface area contributed by atoms with E-state index in [9.17, 15) is 0 Å². The van der Waals surface area contributed by atoms with Gasteiger partial charge in [0.15, 0.2) is 0 Å². The Bertz CT molecular complexity index is 499. The molecule has 1 atom stereocenters. The van der Waals surface area contributed by atoms with Gasteiger partial charge in [0, 0.05) is 18.7 Å². The van der Waals surface area contributed by atoms with Crippen molar-refractivity contribution >= 4 is 10.9 Å². The minimum absolute atomic E-state index is 0.215. The van der Waals surface area contributed by atoms with E-state index in [-0.39, 0.29) is 6.04 Å². The number of ether oxygens (including phenoxy) is 1. The van der Waals surface area contributed by atoms with E-state index in [1.54, 1.807) is 7.11 Å². The number of aromatic nitrogens is 1. The molecule has 2 rings (SSSR count). The van der Waals surface area contributed by atoms with Crippen LogP contribution in [0, 0.1) is 0 Å². The van der Waals surface area contributed by atoms with E-state index in [1.165, 1.54) is 10.9 Å². The van der Waals surface area contributed by atoms with E-state index >= 15 is 0 Å². The van der Waals surface area contributed by atoms with Crippen LogP contribution in [0.3, 0.4) is 0 Å². The van der Waals surface area contributed by atoms with Gasteiger partial charge in [0.25, 0.3) is 0 Å². The molecule has 2 aromatic rings. The van der Waals surface area contributed by atoms with E-state index in [0.717, 1.165) is 18.5 Å². The number of methoxy groups -OCH3 is 1. The zero-order chi connectivity index (χ0) is 12.8. The molecule has 0 aliphatic rings. The summed E-state index contributed by atoms with van der Waals surface area (Å²) < 4.78 is 5.28. The van der Waals surface area contributed by atoms with Crippen LogP contribution in [0.5, 0.6) is 0 Å². The fourth-order valence-corrected chi connectivity index (χ4v) is 2.04. The summed E-state index contributed by atoms with van der Waals surface area (Å²) >= 11 is 0. The first-order valence-electron chi connectivity index (χ1n) is 6.42. The van der Waals surface area contributed by atoms with Gasteiger partial charge < -0.3 is 10.1 Å². The van der Waals surface area contributed by atoms with E-state index < -0.39 is 0 Å². The topological polar surface area (TPSA) is 34.1 Å². The summed E-state index contributed by atoms with van der Waals surface area (Å²) in [5.41, 5.74) is 2.22. The normalized spacial score (nSPS) is 12.8. The predicted octanol–water partition coefficient (Wildman–Crippen LogP) is 2.92. The quantitative estimate of drug-likeness (QED) is 0.848. The highest BCUT2D eigenvalue weighted by Gasteiger charge is 2.11. The van der Waals surface area contributed by atoms with Crippen LogP contribution in [0.15, 0.2) is 36.5 Å². The molecular weight excluding hydrogens is 224 g/mol. The Morgan fingerprint density at radius 3 is 2.94 bits per heavy atom. The molecule has 1 heterocycles. The molecule has 3 heteroatoms. The van der Waals surface area contributed by atoms with E-state index in [4.69, 9.17) is 4.74 Å². The number of nitrogens with one attached hydrogen (secondary N) is 1. The molecule has 0 amide bonds. The highest BCUT2D eigenvalue weighted by Crippen LogP contribution is 2.18. The van der Waals surface area contributed by atoms with Crippen LogP contribution >= 0.6 is 0 Å². The van der Waals surface area contributed by atoms with Crippen molar-refractivity contribution in [3.8, 4) is 0 Å². The number of fused-ring (bicyclic) bond motifs is 1. The van der Waals surface area contributed by atoms with Crippen molar-refractivity contribution in [2.24, 2.45) is 0 Å². The van der Waals surface area contributed by atoms with Gasteiger partial charge in [-0.3, -0.25) is 4.98 Å². The van der Waals surface area contributed by atoms with Gasteiger partial charge in [-0.05, 0) is 30.7 Å². The van der Waals surface area contributed by atoms with Crippen LogP contribution < -0.4 is 5.32 Å². The van der Waals surface area contributed by atoms with Crippen LogP contribution in [0.2, 0.25) is 0 Å². The van der Waals surface area contributed by atoms with Crippen molar-refractivity contribution in [2.75, 3.05) is 20.3 Å². The summed E-state index contributed by atoms with van der Waals surface area (Å²) in [5.74, 6) is 0. The maximum Gasteiger partial charge on any atom is 0.0702 e. The molecule has 0 spiro atoms. The summed E-state index contributed by atoms with van der Waals surface area (Å²) in [6.45, 7) is 3.82. The van der Waals surface area contributed by atoms with Gasteiger partial charge in [0.1, 0.15) is 0 Å². The third-order valence-corrected chi connectivity index (χ3v) is 2.99. The highest BCUT2D eigenvalue weighted by molar-refractivity contribution is 5.78. The van der Waals surface area contributed by atoms with Gasteiger partial charge in [-0.2, -0.15) is 0 Å². The van der Waals surface area contributed by atoms with Gasteiger partial charge >= 0.3 is 0 Å². The molecule has 96 valence electrons. The van der Waals surface area contributed by atoms with Crippen LogP contribution in [-0.2, 0) is 4.74 Å². The molecule has 0 saturated heterocycles. The van der Waals surface area contributed by atoms with Crippen LogP contribution in [0.1, 0.15) is 24.9 Å². The number of hydrogen-bond acceptors (Lipinski definition) is 3. The smallest absolute Gasteiger partial charge is 0.0702 e. The molecule has 0 saturated carbocycles. The molecule has 0 fully saturated rings. The van der Waals surface area contributed by atoms with Gasteiger partial charge in [-0.25, -0.2) is 0 Å². The van der Waals surface area contributed by atoms with Crippen molar-refractivity contribution in [3.63, 3.8) is 0 Å². The Kier molecular flexibility index (Phi) is 4.67. The summed E-state index contributed by atoms with van der Waals surface area (Å²) in [6, 6.07) is 10.6.